The number of amides is 1. The second-order valence-corrected chi connectivity index (χ2v) is 3.96. The summed E-state index contributed by atoms with van der Waals surface area (Å²) in [5.41, 5.74) is -0.0433. The minimum absolute atomic E-state index is 0.0433. The van der Waals surface area contributed by atoms with Gasteiger partial charge in [0.1, 0.15) is 0 Å². The zero-order valence-corrected chi connectivity index (χ0v) is 6.79. The third kappa shape index (κ3) is 0.699. The first-order valence-electron chi connectivity index (χ1n) is 4.54. The minimum Gasteiger partial charge on any atom is -0.352 e. The normalized spacial score (nSPS) is 41.2. The first kappa shape index (κ1) is 6.57. The highest BCUT2D eigenvalue weighted by Gasteiger charge is 2.56. The summed E-state index contributed by atoms with van der Waals surface area (Å²) in [5, 5.41) is 11.2. The van der Waals surface area contributed by atoms with E-state index in [4.69, 9.17) is 0 Å². The molecule has 0 radical (unpaired) electrons. The van der Waals surface area contributed by atoms with Gasteiger partial charge in [0.15, 0.2) is 5.66 Å². The first-order chi connectivity index (χ1) is 5.80. The van der Waals surface area contributed by atoms with E-state index in [-0.39, 0.29) is 11.6 Å². The van der Waals surface area contributed by atoms with E-state index in [9.17, 15) is 4.79 Å². The van der Waals surface area contributed by atoms with E-state index < -0.39 is 0 Å². The molecule has 2 fully saturated rings. The van der Waals surface area contributed by atoms with Crippen LogP contribution >= 0.6 is 0 Å². The molecule has 2 unspecified atom stereocenters. The predicted octanol–water partition coefficient (Wildman–Crippen LogP) is 0.837. The van der Waals surface area contributed by atoms with Gasteiger partial charge in [-0.3, -0.25) is 4.79 Å². The maximum atomic E-state index is 10.7. The van der Waals surface area contributed by atoms with Gasteiger partial charge >= 0.3 is 0 Å². The second kappa shape index (κ2) is 1.87. The fourth-order valence-corrected chi connectivity index (χ4v) is 2.46. The summed E-state index contributed by atoms with van der Waals surface area (Å²) in [6.45, 7) is 0. The van der Waals surface area contributed by atoms with Gasteiger partial charge in [0.05, 0.1) is 0 Å². The van der Waals surface area contributed by atoms with E-state index >= 15 is 0 Å². The molecule has 0 aromatic carbocycles. The van der Waals surface area contributed by atoms with Crippen LogP contribution in [0.1, 0.15) is 25.7 Å². The Kier molecular flexibility index (Phi) is 1.02. The van der Waals surface area contributed by atoms with Crippen molar-refractivity contribution < 1.29 is 4.79 Å². The Morgan fingerprint density at radius 2 is 2.25 bits per heavy atom. The summed E-state index contributed by atoms with van der Waals surface area (Å²) in [6.07, 6.45) is 4.18. The van der Waals surface area contributed by atoms with E-state index in [0.717, 1.165) is 6.42 Å². The largest absolute Gasteiger partial charge is 0.352 e. The van der Waals surface area contributed by atoms with Crippen LogP contribution in [-0.4, -0.2) is 17.6 Å². The van der Waals surface area contributed by atoms with Crippen molar-refractivity contribution in [3.05, 3.63) is 0 Å². The third-order valence-corrected chi connectivity index (χ3v) is 3.25. The molecule has 4 nitrogen and oxygen atoms in total. The summed E-state index contributed by atoms with van der Waals surface area (Å²) in [5.74, 6) is 0.692. The molecular formula is C8H11N3O. The Morgan fingerprint density at radius 1 is 1.50 bits per heavy atom. The van der Waals surface area contributed by atoms with Gasteiger partial charge in [-0.2, -0.15) is 10.2 Å². The maximum Gasteiger partial charge on any atom is 0.222 e. The number of carbonyl (C=O) groups excluding carboxylic acids is 1. The van der Waals surface area contributed by atoms with Gasteiger partial charge in [0, 0.05) is 18.4 Å². The van der Waals surface area contributed by atoms with Crippen molar-refractivity contribution in [2.45, 2.75) is 37.4 Å². The van der Waals surface area contributed by atoms with Crippen LogP contribution in [0.2, 0.25) is 0 Å². The predicted molar refractivity (Wildman–Crippen MR) is 41.5 cm³/mol. The summed E-state index contributed by atoms with van der Waals surface area (Å²) in [6, 6.07) is 0.370. The molecule has 1 spiro atoms. The van der Waals surface area contributed by atoms with Crippen LogP contribution in [0.3, 0.4) is 0 Å². The quantitative estimate of drug-likeness (QED) is 0.575. The summed E-state index contributed by atoms with van der Waals surface area (Å²) >= 11 is 0. The fraction of sp³-hybridized carbons (Fsp3) is 0.875. The molecule has 12 heavy (non-hydrogen) atoms. The van der Waals surface area contributed by atoms with Crippen LogP contribution < -0.4 is 5.32 Å². The fourth-order valence-electron chi connectivity index (χ4n) is 2.46. The second-order valence-electron chi connectivity index (χ2n) is 3.96. The average Bonchev–Trinajstić information content (AvgIpc) is 2.60. The first-order valence-corrected chi connectivity index (χ1v) is 4.54. The topological polar surface area (TPSA) is 53.8 Å². The number of nitrogens with one attached hydrogen (secondary N) is 1. The Bertz CT molecular complexity index is 259. The Hall–Kier alpha value is -0.930. The molecule has 2 atom stereocenters. The highest BCUT2D eigenvalue weighted by molar-refractivity contribution is 5.83. The zero-order chi connectivity index (χ0) is 8.18. The molecule has 3 rings (SSSR count). The lowest BCUT2D eigenvalue weighted by Crippen LogP contribution is -2.54. The SMILES string of the molecule is O=C1CC(C2CCCC23N=N3)N1. The minimum atomic E-state index is -0.0433. The maximum absolute atomic E-state index is 10.7. The average molecular weight is 165 g/mol. The number of β-lactam (4-membered cyclic amide) rings is 1. The highest BCUT2D eigenvalue weighted by atomic mass is 16.2. The number of hydrogen-bond acceptors (Lipinski definition) is 3. The summed E-state index contributed by atoms with van der Waals surface area (Å²) in [7, 11) is 0. The number of carbonyl (C=O) groups is 1. The molecule has 2 aliphatic heterocycles. The van der Waals surface area contributed by atoms with Crippen molar-refractivity contribution in [2.75, 3.05) is 0 Å². The van der Waals surface area contributed by atoms with E-state index in [1.807, 2.05) is 0 Å². The lowest BCUT2D eigenvalue weighted by molar-refractivity contribution is -0.129. The van der Waals surface area contributed by atoms with Gasteiger partial charge in [-0.25, -0.2) is 0 Å². The number of nitrogens with zero attached hydrogens (tertiary/aromatic N) is 2. The molecule has 64 valence electrons. The monoisotopic (exact) mass is 165 g/mol. The van der Waals surface area contributed by atoms with Gasteiger partial charge in [-0.05, 0) is 19.3 Å². The molecule has 2 heterocycles. The Labute approximate surface area is 70.4 Å². The van der Waals surface area contributed by atoms with Crippen molar-refractivity contribution in [2.24, 2.45) is 16.1 Å². The molecule has 1 saturated heterocycles. The van der Waals surface area contributed by atoms with Crippen molar-refractivity contribution in [3.8, 4) is 0 Å². The molecule has 1 aliphatic carbocycles. The van der Waals surface area contributed by atoms with Crippen LogP contribution in [0.4, 0.5) is 0 Å². The van der Waals surface area contributed by atoms with Crippen LogP contribution in [0.5, 0.6) is 0 Å². The standard InChI is InChI=1S/C8H11N3O/c12-7-4-6(9-7)5-2-1-3-8(5)10-11-8/h5-6H,1-4H2,(H,9,12). The Balaban J connectivity index is 1.72. The van der Waals surface area contributed by atoms with E-state index in [1.54, 1.807) is 0 Å². The summed E-state index contributed by atoms with van der Waals surface area (Å²) < 4.78 is 0. The molecule has 4 heteroatoms. The molecule has 1 amide bonds. The zero-order valence-electron chi connectivity index (χ0n) is 6.79. The number of hydrogen-bond donors (Lipinski definition) is 1. The van der Waals surface area contributed by atoms with E-state index in [2.05, 4.69) is 15.5 Å². The molecule has 0 aromatic rings. The van der Waals surface area contributed by atoms with Crippen LogP contribution in [0, 0.1) is 5.92 Å². The van der Waals surface area contributed by atoms with Crippen molar-refractivity contribution in [1.82, 2.24) is 5.32 Å². The van der Waals surface area contributed by atoms with Crippen LogP contribution in [0.25, 0.3) is 0 Å². The molecule has 1 N–H and O–H groups in total. The van der Waals surface area contributed by atoms with Gasteiger partial charge in [0.25, 0.3) is 0 Å². The molecular weight excluding hydrogens is 154 g/mol. The number of rotatable bonds is 1. The van der Waals surface area contributed by atoms with Crippen LogP contribution in [-0.2, 0) is 4.79 Å². The lowest BCUT2D eigenvalue weighted by Gasteiger charge is -2.33. The van der Waals surface area contributed by atoms with Crippen molar-refractivity contribution >= 4 is 5.91 Å². The third-order valence-electron chi connectivity index (χ3n) is 3.25. The van der Waals surface area contributed by atoms with Gasteiger partial charge in [0.2, 0.25) is 5.91 Å². The van der Waals surface area contributed by atoms with Gasteiger partial charge in [-0.15, -0.1) is 0 Å². The van der Waals surface area contributed by atoms with Gasteiger partial charge < -0.3 is 5.32 Å². The molecule has 3 aliphatic rings. The van der Waals surface area contributed by atoms with Crippen molar-refractivity contribution in [3.63, 3.8) is 0 Å². The molecule has 0 aromatic heterocycles. The highest BCUT2D eigenvalue weighted by Crippen LogP contribution is 2.51. The smallest absolute Gasteiger partial charge is 0.222 e. The van der Waals surface area contributed by atoms with Crippen molar-refractivity contribution in [1.29, 1.82) is 0 Å². The van der Waals surface area contributed by atoms with E-state index in [1.165, 1.54) is 12.8 Å². The Morgan fingerprint density at radius 3 is 2.83 bits per heavy atom. The van der Waals surface area contributed by atoms with Crippen LogP contribution in [0.15, 0.2) is 10.2 Å². The summed E-state index contributed by atoms with van der Waals surface area (Å²) in [4.78, 5) is 10.7. The molecule has 0 bridgehead atoms. The lowest BCUT2D eigenvalue weighted by atomic mass is 9.85. The van der Waals surface area contributed by atoms with E-state index in [0.29, 0.717) is 18.4 Å². The molecule has 1 saturated carbocycles. The van der Waals surface area contributed by atoms with Gasteiger partial charge in [-0.1, -0.05) is 0 Å².